The van der Waals surface area contributed by atoms with Gasteiger partial charge in [0.1, 0.15) is 17.4 Å². The number of nitro groups is 1. The van der Waals surface area contributed by atoms with Gasteiger partial charge in [-0.2, -0.15) is 0 Å². The Morgan fingerprint density at radius 1 is 1.03 bits per heavy atom. The molecule has 10 nitrogen and oxygen atoms in total. The van der Waals surface area contributed by atoms with Gasteiger partial charge in [-0.25, -0.2) is 9.96 Å². The summed E-state index contributed by atoms with van der Waals surface area (Å²) in [5, 5.41) is 12.8. The first-order valence-corrected chi connectivity index (χ1v) is 12.3. The predicted molar refractivity (Wildman–Crippen MR) is 137 cm³/mol. The molecule has 3 aromatic carbocycles. The Hall–Kier alpha value is -3.96. The molecule has 5 rings (SSSR count). The number of benzene rings is 3. The maximum atomic E-state index is 13.8. The number of hydroxylamine groups is 1. The molecule has 2 saturated heterocycles. The number of hydrogen-bond donors (Lipinski definition) is 0. The average Bonchev–Trinajstić information content (AvgIpc) is 3.40. The van der Waals surface area contributed by atoms with E-state index in [0.29, 0.717) is 39.5 Å². The van der Waals surface area contributed by atoms with Crippen LogP contribution in [0.3, 0.4) is 0 Å². The molecule has 0 radical (unpaired) electrons. The number of amides is 2. The Kier molecular flexibility index (Phi) is 6.57. The summed E-state index contributed by atoms with van der Waals surface area (Å²) in [7, 11) is 1.54. The fourth-order valence-electron chi connectivity index (χ4n) is 4.70. The number of imide groups is 1. The zero-order valence-corrected chi connectivity index (χ0v) is 21.5. The molecule has 0 aromatic heterocycles. The van der Waals surface area contributed by atoms with Gasteiger partial charge in [0.2, 0.25) is 5.91 Å². The number of halogens is 1. The van der Waals surface area contributed by atoms with Crippen LogP contribution in [-0.4, -0.2) is 36.6 Å². The second-order valence-corrected chi connectivity index (χ2v) is 9.29. The van der Waals surface area contributed by atoms with E-state index in [1.807, 2.05) is 6.92 Å². The van der Waals surface area contributed by atoms with Gasteiger partial charge in [-0.15, -0.1) is 0 Å². The average molecular weight is 568 g/mol. The molecule has 2 amide bonds. The van der Waals surface area contributed by atoms with Crippen molar-refractivity contribution in [2.45, 2.75) is 19.1 Å². The third-order valence-electron chi connectivity index (χ3n) is 6.33. The van der Waals surface area contributed by atoms with Crippen LogP contribution >= 0.6 is 15.9 Å². The van der Waals surface area contributed by atoms with Crippen molar-refractivity contribution in [2.24, 2.45) is 5.92 Å². The van der Waals surface area contributed by atoms with E-state index in [0.717, 1.165) is 4.90 Å². The van der Waals surface area contributed by atoms with Gasteiger partial charge in [0.25, 0.3) is 11.6 Å². The molecule has 0 N–H and O–H groups in total. The van der Waals surface area contributed by atoms with Gasteiger partial charge >= 0.3 is 0 Å². The summed E-state index contributed by atoms with van der Waals surface area (Å²) in [6.07, 6.45) is -1.11. The number of non-ortho nitro benzene ring substituents is 1. The first-order valence-electron chi connectivity index (χ1n) is 11.5. The number of hydrogen-bond acceptors (Lipinski definition) is 8. The van der Waals surface area contributed by atoms with Gasteiger partial charge in [0.15, 0.2) is 6.10 Å². The normalized spacial score (nSPS) is 20.8. The first kappa shape index (κ1) is 24.7. The van der Waals surface area contributed by atoms with E-state index in [4.69, 9.17) is 14.3 Å². The monoisotopic (exact) mass is 567 g/mol. The van der Waals surface area contributed by atoms with E-state index in [1.165, 1.54) is 30.4 Å². The summed E-state index contributed by atoms with van der Waals surface area (Å²) in [6.45, 7) is 2.36. The lowest BCUT2D eigenvalue weighted by Gasteiger charge is -2.29. The highest BCUT2D eigenvalue weighted by atomic mass is 79.9. The third-order valence-corrected chi connectivity index (χ3v) is 6.95. The summed E-state index contributed by atoms with van der Waals surface area (Å²) >= 11 is 3.48. The number of fused-ring (bicyclic) bond motifs is 1. The zero-order chi connectivity index (χ0) is 26.3. The molecule has 0 spiro atoms. The Bertz CT molecular complexity index is 1380. The molecule has 0 unspecified atom stereocenters. The summed E-state index contributed by atoms with van der Waals surface area (Å²) in [5.74, 6) is -0.613. The summed E-state index contributed by atoms with van der Waals surface area (Å²) in [4.78, 5) is 45.4. The van der Waals surface area contributed by atoms with Crippen molar-refractivity contribution < 1.29 is 28.8 Å². The van der Waals surface area contributed by atoms with Crippen LogP contribution in [0.1, 0.15) is 18.5 Å². The minimum atomic E-state index is -1.11. The van der Waals surface area contributed by atoms with Gasteiger partial charge in [0.05, 0.1) is 40.5 Å². The van der Waals surface area contributed by atoms with Crippen molar-refractivity contribution in [1.82, 2.24) is 0 Å². The van der Waals surface area contributed by atoms with Gasteiger partial charge in [-0.1, -0.05) is 12.1 Å². The van der Waals surface area contributed by atoms with Gasteiger partial charge < -0.3 is 9.47 Å². The molecule has 2 aliphatic rings. The minimum Gasteiger partial charge on any atom is -0.496 e. The number of carbonyl (C=O) groups is 2. The highest BCUT2D eigenvalue weighted by Crippen LogP contribution is 2.48. The van der Waals surface area contributed by atoms with Crippen LogP contribution in [-0.2, 0) is 14.4 Å². The van der Waals surface area contributed by atoms with Gasteiger partial charge in [0, 0.05) is 12.1 Å². The van der Waals surface area contributed by atoms with Crippen LogP contribution in [0.4, 0.5) is 17.1 Å². The van der Waals surface area contributed by atoms with Crippen LogP contribution in [0.25, 0.3) is 0 Å². The van der Waals surface area contributed by atoms with Gasteiger partial charge in [-0.3, -0.25) is 24.5 Å². The largest absolute Gasteiger partial charge is 0.496 e. The fraction of sp³-hybridized carbons (Fsp3) is 0.231. The number of anilines is 2. The SMILES string of the molecule is CCOc1ccc(N2C(=O)[C@H]3[C@H](ON(c4cccc([N+](=O)[O-])c4)[C@H]3c3ccc(OC)c(Br)c3)C2=O)cc1. The van der Waals surface area contributed by atoms with E-state index >= 15 is 0 Å². The van der Waals surface area contributed by atoms with Crippen LogP contribution in [0.5, 0.6) is 11.5 Å². The maximum absolute atomic E-state index is 13.8. The van der Waals surface area contributed by atoms with E-state index in [9.17, 15) is 19.7 Å². The van der Waals surface area contributed by atoms with E-state index < -0.39 is 34.8 Å². The van der Waals surface area contributed by atoms with Crippen LogP contribution in [0.2, 0.25) is 0 Å². The smallest absolute Gasteiger partial charge is 0.271 e. The zero-order valence-electron chi connectivity index (χ0n) is 19.9. The summed E-state index contributed by atoms with van der Waals surface area (Å²) < 4.78 is 11.4. The summed E-state index contributed by atoms with van der Waals surface area (Å²) in [5.41, 5.74) is 1.30. The number of methoxy groups -OCH3 is 1. The molecule has 2 heterocycles. The molecular weight excluding hydrogens is 546 g/mol. The van der Waals surface area contributed by atoms with Crippen molar-refractivity contribution in [1.29, 1.82) is 0 Å². The van der Waals surface area contributed by atoms with E-state index in [1.54, 1.807) is 48.5 Å². The number of carbonyl (C=O) groups excluding carboxylic acids is 2. The first-order chi connectivity index (χ1) is 17.8. The molecule has 11 heteroatoms. The molecule has 0 bridgehead atoms. The second-order valence-electron chi connectivity index (χ2n) is 8.43. The van der Waals surface area contributed by atoms with Crippen LogP contribution in [0, 0.1) is 16.0 Å². The molecule has 37 heavy (non-hydrogen) atoms. The van der Waals surface area contributed by atoms with Crippen molar-refractivity contribution in [3.8, 4) is 11.5 Å². The van der Waals surface area contributed by atoms with E-state index in [-0.39, 0.29) is 5.69 Å². The molecular formula is C26H22BrN3O7. The summed E-state index contributed by atoms with van der Waals surface area (Å²) in [6, 6.07) is 17.2. The number of ether oxygens (including phenoxy) is 2. The van der Waals surface area contributed by atoms with Crippen LogP contribution < -0.4 is 19.4 Å². The quantitative estimate of drug-likeness (QED) is 0.227. The minimum absolute atomic E-state index is 0.138. The highest BCUT2D eigenvalue weighted by Gasteiger charge is 2.60. The molecule has 3 aromatic rings. The number of nitrogens with zero attached hydrogens (tertiary/aromatic N) is 3. The Labute approximate surface area is 220 Å². The topological polar surface area (TPSA) is 111 Å². The molecule has 2 fully saturated rings. The lowest BCUT2D eigenvalue weighted by atomic mass is 9.90. The Morgan fingerprint density at radius 2 is 1.78 bits per heavy atom. The van der Waals surface area contributed by atoms with Crippen molar-refractivity contribution in [3.05, 3.63) is 86.9 Å². The molecule has 0 aliphatic carbocycles. The lowest BCUT2D eigenvalue weighted by molar-refractivity contribution is -0.384. The molecule has 0 saturated carbocycles. The Morgan fingerprint density at radius 3 is 2.43 bits per heavy atom. The molecule has 3 atom stereocenters. The Balaban J connectivity index is 1.57. The van der Waals surface area contributed by atoms with Crippen molar-refractivity contribution in [3.63, 3.8) is 0 Å². The molecule has 2 aliphatic heterocycles. The third kappa shape index (κ3) is 4.30. The van der Waals surface area contributed by atoms with E-state index in [2.05, 4.69) is 15.9 Å². The standard InChI is InChI=1S/C26H22BrN3O7/c1-3-36-19-10-8-16(9-11-19)28-25(31)22-23(15-7-12-21(35-2)20(27)13-15)29(37-24(22)26(28)32)17-5-4-6-18(14-17)30(33)34/h4-14,22-24H,3H2,1-2H3/t22-,23+,24+/m1/s1. The molecule has 190 valence electrons. The number of nitro benzene ring substituents is 1. The van der Waals surface area contributed by atoms with Crippen molar-refractivity contribution >= 4 is 44.8 Å². The number of rotatable bonds is 7. The van der Waals surface area contributed by atoms with Gasteiger partial charge in [-0.05, 0) is 70.9 Å². The van der Waals surface area contributed by atoms with Crippen LogP contribution in [0.15, 0.2) is 71.2 Å². The van der Waals surface area contributed by atoms with Crippen molar-refractivity contribution in [2.75, 3.05) is 23.7 Å². The highest BCUT2D eigenvalue weighted by molar-refractivity contribution is 9.10. The fourth-order valence-corrected chi connectivity index (χ4v) is 5.26. The predicted octanol–water partition coefficient (Wildman–Crippen LogP) is 4.82. The second kappa shape index (κ2) is 9.83. The maximum Gasteiger partial charge on any atom is 0.271 e. The lowest BCUT2D eigenvalue weighted by Crippen LogP contribution is -2.37.